The summed E-state index contributed by atoms with van der Waals surface area (Å²) in [4.78, 5) is 10.8. The number of sulfonamides is 1. The summed E-state index contributed by atoms with van der Waals surface area (Å²) < 4.78 is 31.3. The fourth-order valence-corrected chi connectivity index (χ4v) is 4.67. The van der Waals surface area contributed by atoms with E-state index in [-0.39, 0.29) is 15.8 Å². The second-order valence-corrected chi connectivity index (χ2v) is 7.33. The molecule has 1 aromatic rings. The molecule has 106 valence electrons. The van der Waals surface area contributed by atoms with Gasteiger partial charge in [0.15, 0.2) is 0 Å². The lowest BCUT2D eigenvalue weighted by atomic mass is 10.4. The number of ether oxygens (including phenoxy) is 1. The van der Waals surface area contributed by atoms with Crippen molar-refractivity contribution in [1.82, 2.24) is 4.31 Å². The number of methoxy groups -OCH3 is 1. The van der Waals surface area contributed by atoms with E-state index in [1.54, 1.807) is 0 Å². The standard InChI is InChI=1S/C11H15NO5S2/c1-17-5-4-12(9-2-3-9)19(15,16)10-6-8(7-18-10)11(13)14/h6-7,9H,2-5H2,1H3,(H,13,14). The molecule has 0 bridgehead atoms. The van der Waals surface area contributed by atoms with Gasteiger partial charge in [-0.25, -0.2) is 13.2 Å². The molecule has 0 atom stereocenters. The molecule has 0 amide bonds. The molecule has 6 nitrogen and oxygen atoms in total. The largest absolute Gasteiger partial charge is 0.478 e. The number of carboxylic acids is 1. The van der Waals surface area contributed by atoms with Crippen LogP contribution in [0.2, 0.25) is 0 Å². The molecule has 0 radical (unpaired) electrons. The molecule has 0 spiro atoms. The van der Waals surface area contributed by atoms with Gasteiger partial charge in [-0.15, -0.1) is 11.3 Å². The lowest BCUT2D eigenvalue weighted by molar-refractivity contribution is 0.0697. The molecule has 2 rings (SSSR count). The monoisotopic (exact) mass is 305 g/mol. The first-order valence-electron chi connectivity index (χ1n) is 5.79. The van der Waals surface area contributed by atoms with Crippen molar-refractivity contribution in [2.45, 2.75) is 23.1 Å². The number of hydrogen-bond acceptors (Lipinski definition) is 5. The van der Waals surface area contributed by atoms with Gasteiger partial charge >= 0.3 is 5.97 Å². The van der Waals surface area contributed by atoms with E-state index in [0.29, 0.717) is 13.2 Å². The van der Waals surface area contributed by atoms with E-state index in [4.69, 9.17) is 9.84 Å². The van der Waals surface area contributed by atoms with Gasteiger partial charge in [0.2, 0.25) is 0 Å². The van der Waals surface area contributed by atoms with Crippen LogP contribution in [0.3, 0.4) is 0 Å². The Kier molecular flexibility index (Phi) is 4.24. The zero-order chi connectivity index (χ0) is 14.0. The Balaban J connectivity index is 2.25. The Hall–Kier alpha value is -0.960. The van der Waals surface area contributed by atoms with E-state index in [0.717, 1.165) is 24.2 Å². The minimum Gasteiger partial charge on any atom is -0.478 e. The maximum atomic E-state index is 12.4. The van der Waals surface area contributed by atoms with Crippen molar-refractivity contribution in [3.63, 3.8) is 0 Å². The van der Waals surface area contributed by atoms with Gasteiger partial charge in [-0.3, -0.25) is 0 Å². The molecule has 8 heteroatoms. The first-order valence-corrected chi connectivity index (χ1v) is 8.11. The van der Waals surface area contributed by atoms with Gasteiger partial charge in [0.05, 0.1) is 12.2 Å². The van der Waals surface area contributed by atoms with Crippen LogP contribution < -0.4 is 0 Å². The van der Waals surface area contributed by atoms with Crippen LogP contribution in [-0.4, -0.2) is 50.1 Å². The first-order chi connectivity index (χ1) is 8.96. The minimum absolute atomic E-state index is 0.00561. The highest BCUT2D eigenvalue weighted by molar-refractivity contribution is 7.91. The lowest BCUT2D eigenvalue weighted by Crippen LogP contribution is -2.35. The predicted octanol–water partition coefficient (Wildman–Crippen LogP) is 1.25. The van der Waals surface area contributed by atoms with Crippen LogP contribution in [0.4, 0.5) is 0 Å². The molecule has 0 unspecified atom stereocenters. The van der Waals surface area contributed by atoms with Crippen molar-refractivity contribution < 1.29 is 23.1 Å². The van der Waals surface area contributed by atoms with Crippen LogP contribution in [0.15, 0.2) is 15.7 Å². The van der Waals surface area contributed by atoms with E-state index < -0.39 is 16.0 Å². The zero-order valence-corrected chi connectivity index (χ0v) is 12.0. The van der Waals surface area contributed by atoms with Gasteiger partial charge < -0.3 is 9.84 Å². The molecule has 0 aliphatic heterocycles. The van der Waals surface area contributed by atoms with Crippen LogP contribution in [0.5, 0.6) is 0 Å². The van der Waals surface area contributed by atoms with E-state index >= 15 is 0 Å². The average molecular weight is 305 g/mol. The number of carbonyl (C=O) groups is 1. The van der Waals surface area contributed by atoms with Crippen LogP contribution in [0.1, 0.15) is 23.2 Å². The van der Waals surface area contributed by atoms with Crippen molar-refractivity contribution in [2.24, 2.45) is 0 Å². The minimum atomic E-state index is -3.61. The number of aromatic carboxylic acids is 1. The lowest BCUT2D eigenvalue weighted by Gasteiger charge is -2.20. The number of hydrogen-bond donors (Lipinski definition) is 1. The Bertz CT molecular complexity index is 561. The van der Waals surface area contributed by atoms with Crippen molar-refractivity contribution in [3.8, 4) is 0 Å². The van der Waals surface area contributed by atoms with Crippen molar-refractivity contribution in [3.05, 3.63) is 17.0 Å². The molecule has 1 aliphatic rings. The summed E-state index contributed by atoms with van der Waals surface area (Å²) in [6, 6.07) is 1.24. The smallest absolute Gasteiger partial charge is 0.336 e. The number of carboxylic acid groups (broad SMARTS) is 1. The van der Waals surface area contributed by atoms with E-state index in [1.165, 1.54) is 22.9 Å². The molecule has 1 saturated carbocycles. The summed E-state index contributed by atoms with van der Waals surface area (Å²) in [5.41, 5.74) is 0.00561. The van der Waals surface area contributed by atoms with Crippen molar-refractivity contribution >= 4 is 27.3 Å². The summed E-state index contributed by atoms with van der Waals surface area (Å²) in [7, 11) is -2.10. The fraction of sp³-hybridized carbons (Fsp3) is 0.545. The van der Waals surface area contributed by atoms with Gasteiger partial charge in [0.25, 0.3) is 10.0 Å². The van der Waals surface area contributed by atoms with Crippen LogP contribution in [0, 0.1) is 0 Å². The highest BCUT2D eigenvalue weighted by Crippen LogP contribution is 2.33. The number of rotatable bonds is 7. The summed E-state index contributed by atoms with van der Waals surface area (Å²) in [6.45, 7) is 0.622. The molecular weight excluding hydrogens is 290 g/mol. The predicted molar refractivity (Wildman–Crippen MR) is 70.1 cm³/mol. The van der Waals surface area contributed by atoms with E-state index in [9.17, 15) is 13.2 Å². The molecule has 0 aromatic carbocycles. The van der Waals surface area contributed by atoms with E-state index in [2.05, 4.69) is 0 Å². The van der Waals surface area contributed by atoms with Gasteiger partial charge in [0, 0.05) is 25.1 Å². The summed E-state index contributed by atoms with van der Waals surface area (Å²) in [5.74, 6) is -1.12. The molecular formula is C11H15NO5S2. The highest BCUT2D eigenvalue weighted by atomic mass is 32.2. The Morgan fingerprint density at radius 2 is 2.26 bits per heavy atom. The topological polar surface area (TPSA) is 83.9 Å². The molecule has 19 heavy (non-hydrogen) atoms. The first kappa shape index (κ1) is 14.4. The Labute approximate surface area is 115 Å². The summed E-state index contributed by atoms with van der Waals surface area (Å²) in [5, 5.41) is 10.2. The summed E-state index contributed by atoms with van der Waals surface area (Å²) >= 11 is 0.941. The molecule has 0 saturated heterocycles. The number of nitrogens with zero attached hydrogens (tertiary/aromatic N) is 1. The van der Waals surface area contributed by atoms with Gasteiger partial charge in [-0.1, -0.05) is 0 Å². The molecule has 1 heterocycles. The van der Waals surface area contributed by atoms with Crippen LogP contribution in [-0.2, 0) is 14.8 Å². The SMILES string of the molecule is COCCN(C1CC1)S(=O)(=O)c1cc(C(=O)O)cs1. The quantitative estimate of drug-likeness (QED) is 0.819. The highest BCUT2D eigenvalue weighted by Gasteiger charge is 2.38. The Morgan fingerprint density at radius 1 is 1.58 bits per heavy atom. The molecule has 1 aromatic heterocycles. The van der Waals surface area contributed by atoms with Crippen LogP contribution in [0.25, 0.3) is 0 Å². The van der Waals surface area contributed by atoms with Crippen molar-refractivity contribution in [1.29, 1.82) is 0 Å². The normalized spacial score (nSPS) is 15.9. The third kappa shape index (κ3) is 3.14. The maximum absolute atomic E-state index is 12.4. The zero-order valence-electron chi connectivity index (χ0n) is 10.4. The van der Waals surface area contributed by atoms with Crippen molar-refractivity contribution in [2.75, 3.05) is 20.3 Å². The molecule has 1 aliphatic carbocycles. The number of thiophene rings is 1. The van der Waals surface area contributed by atoms with Gasteiger partial charge in [0.1, 0.15) is 4.21 Å². The van der Waals surface area contributed by atoms with Gasteiger partial charge in [-0.05, 0) is 18.9 Å². The van der Waals surface area contributed by atoms with E-state index in [1.807, 2.05) is 0 Å². The maximum Gasteiger partial charge on any atom is 0.336 e. The van der Waals surface area contributed by atoms with Crippen LogP contribution >= 0.6 is 11.3 Å². The fourth-order valence-electron chi connectivity index (χ4n) is 1.72. The molecule has 1 N–H and O–H groups in total. The second kappa shape index (κ2) is 5.58. The average Bonchev–Trinajstić information content (AvgIpc) is 3.04. The van der Waals surface area contributed by atoms with Gasteiger partial charge in [-0.2, -0.15) is 4.31 Å². The Morgan fingerprint density at radius 3 is 2.74 bits per heavy atom. The second-order valence-electron chi connectivity index (χ2n) is 4.30. The third-order valence-electron chi connectivity index (χ3n) is 2.86. The summed E-state index contributed by atoms with van der Waals surface area (Å²) in [6.07, 6.45) is 1.69. The third-order valence-corrected chi connectivity index (χ3v) is 6.22. The molecule has 1 fully saturated rings.